The number of hydrogen-bond acceptors (Lipinski definition) is 4. The zero-order valence-corrected chi connectivity index (χ0v) is 18.8. The van der Waals surface area contributed by atoms with E-state index in [4.69, 9.17) is 9.15 Å². The molecule has 0 amide bonds. The molecule has 148 valence electrons. The molecule has 7 heteroatoms. The van der Waals surface area contributed by atoms with Crippen LogP contribution in [0.3, 0.4) is 0 Å². The molecular weight excluding hydrogens is 457 g/mol. The topological polar surface area (TPSA) is 75.9 Å². The van der Waals surface area contributed by atoms with Crippen LogP contribution in [0.5, 0.6) is 0 Å². The molecule has 27 heavy (non-hydrogen) atoms. The number of methoxy groups -OCH3 is 1. The van der Waals surface area contributed by atoms with Crippen LogP contribution >= 0.6 is 24.0 Å². The Balaban J connectivity index is 0.00000364. The Bertz CT molecular complexity index is 780. The number of nitrogens with zero attached hydrogens (tertiary/aromatic N) is 1. The normalized spacial score (nSPS) is 10.9. The summed E-state index contributed by atoms with van der Waals surface area (Å²) in [6.45, 7) is 7.16. The Kier molecular flexibility index (Phi) is 9.34. The second-order valence-corrected chi connectivity index (χ2v) is 6.27. The Morgan fingerprint density at radius 1 is 1.11 bits per heavy atom. The molecule has 6 nitrogen and oxygen atoms in total. The number of hydrogen-bond donors (Lipinski definition) is 2. The molecule has 2 aromatic rings. The van der Waals surface area contributed by atoms with Crippen LogP contribution < -0.4 is 10.6 Å². The second kappa shape index (κ2) is 11.0. The third kappa shape index (κ3) is 6.89. The van der Waals surface area contributed by atoms with Gasteiger partial charge in [0.2, 0.25) is 0 Å². The number of rotatable bonds is 6. The van der Waals surface area contributed by atoms with Crippen LogP contribution in [0.2, 0.25) is 0 Å². The molecule has 0 radical (unpaired) electrons. The van der Waals surface area contributed by atoms with Crippen LogP contribution in [0.25, 0.3) is 0 Å². The molecule has 0 aliphatic carbocycles. The lowest BCUT2D eigenvalue weighted by Gasteiger charge is -2.11. The minimum atomic E-state index is -0.395. The summed E-state index contributed by atoms with van der Waals surface area (Å²) in [6.07, 6.45) is 0.912. The van der Waals surface area contributed by atoms with Crippen molar-refractivity contribution < 1.29 is 13.9 Å². The summed E-state index contributed by atoms with van der Waals surface area (Å²) in [6, 6.07) is 8.26. The summed E-state index contributed by atoms with van der Waals surface area (Å²) >= 11 is 0. The van der Waals surface area contributed by atoms with Crippen LogP contribution in [-0.2, 0) is 17.7 Å². The standard InChI is InChI=1S/C20H27N3O3.HI/c1-13-8-14(2)10-16(9-13)6-7-22-20(21-4)23-12-17-11-18(15(3)26-17)19(24)25-5;/h8-11H,6-7,12H2,1-5H3,(H2,21,22,23);1H. The highest BCUT2D eigenvalue weighted by atomic mass is 127. The molecule has 1 aromatic carbocycles. The minimum absolute atomic E-state index is 0. The molecule has 0 unspecified atom stereocenters. The van der Waals surface area contributed by atoms with Crippen LogP contribution in [-0.4, -0.2) is 32.6 Å². The number of carbonyl (C=O) groups excluding carboxylic acids is 1. The predicted octanol–water partition coefficient (Wildman–Crippen LogP) is 3.52. The molecule has 1 heterocycles. The maximum absolute atomic E-state index is 11.6. The number of guanidine groups is 1. The van der Waals surface area contributed by atoms with E-state index in [0.717, 1.165) is 13.0 Å². The highest BCUT2D eigenvalue weighted by Crippen LogP contribution is 2.15. The molecule has 1 aromatic heterocycles. The van der Waals surface area contributed by atoms with E-state index in [2.05, 4.69) is 47.7 Å². The number of ether oxygens (including phenoxy) is 1. The minimum Gasteiger partial charge on any atom is -0.465 e. The number of furan rings is 1. The number of aliphatic imine (C=N–C) groups is 1. The largest absolute Gasteiger partial charge is 0.465 e. The van der Waals surface area contributed by atoms with Gasteiger partial charge in [0, 0.05) is 13.6 Å². The third-order valence-corrected chi connectivity index (χ3v) is 4.02. The maximum Gasteiger partial charge on any atom is 0.341 e. The Hall–Kier alpha value is -2.03. The van der Waals surface area contributed by atoms with Gasteiger partial charge < -0.3 is 19.8 Å². The number of carbonyl (C=O) groups is 1. The monoisotopic (exact) mass is 485 g/mol. The van der Waals surface area contributed by atoms with E-state index >= 15 is 0 Å². The van der Waals surface area contributed by atoms with Crippen molar-refractivity contribution in [3.8, 4) is 0 Å². The number of aryl methyl sites for hydroxylation is 3. The van der Waals surface area contributed by atoms with Gasteiger partial charge in [-0.15, -0.1) is 24.0 Å². The summed E-state index contributed by atoms with van der Waals surface area (Å²) in [5, 5.41) is 6.47. The fourth-order valence-corrected chi connectivity index (χ4v) is 2.87. The van der Waals surface area contributed by atoms with Crippen molar-refractivity contribution in [2.75, 3.05) is 20.7 Å². The number of nitrogens with one attached hydrogen (secondary N) is 2. The summed E-state index contributed by atoms with van der Waals surface area (Å²) in [5.41, 5.74) is 4.30. The van der Waals surface area contributed by atoms with Gasteiger partial charge in [-0.3, -0.25) is 4.99 Å². The van der Waals surface area contributed by atoms with Crippen molar-refractivity contribution in [1.29, 1.82) is 0 Å². The van der Waals surface area contributed by atoms with Crippen LogP contribution in [0.1, 0.15) is 38.6 Å². The molecule has 0 atom stereocenters. The van der Waals surface area contributed by atoms with Crippen molar-refractivity contribution >= 4 is 35.9 Å². The van der Waals surface area contributed by atoms with E-state index < -0.39 is 5.97 Å². The van der Waals surface area contributed by atoms with Crippen LogP contribution in [0.4, 0.5) is 0 Å². The lowest BCUT2D eigenvalue weighted by Crippen LogP contribution is -2.37. The van der Waals surface area contributed by atoms with E-state index in [1.54, 1.807) is 20.0 Å². The smallest absolute Gasteiger partial charge is 0.341 e. The first-order valence-corrected chi connectivity index (χ1v) is 8.62. The van der Waals surface area contributed by atoms with E-state index in [-0.39, 0.29) is 24.0 Å². The van der Waals surface area contributed by atoms with Gasteiger partial charge in [0.15, 0.2) is 5.96 Å². The quantitative estimate of drug-likeness (QED) is 0.284. The number of esters is 1. The first-order chi connectivity index (χ1) is 12.4. The summed E-state index contributed by atoms with van der Waals surface area (Å²) < 4.78 is 10.3. The fraction of sp³-hybridized carbons (Fsp3) is 0.400. The average Bonchev–Trinajstić information content (AvgIpc) is 2.97. The predicted molar refractivity (Wildman–Crippen MR) is 118 cm³/mol. The van der Waals surface area contributed by atoms with Gasteiger partial charge >= 0.3 is 5.97 Å². The van der Waals surface area contributed by atoms with Crippen LogP contribution in [0, 0.1) is 20.8 Å². The summed E-state index contributed by atoms with van der Waals surface area (Å²) in [5.74, 6) is 1.49. The van der Waals surface area contributed by atoms with Crippen molar-refractivity contribution in [3.05, 3.63) is 58.0 Å². The van der Waals surface area contributed by atoms with E-state index in [1.807, 2.05) is 0 Å². The Morgan fingerprint density at radius 2 is 1.78 bits per heavy atom. The van der Waals surface area contributed by atoms with Gasteiger partial charge in [-0.1, -0.05) is 29.3 Å². The lowest BCUT2D eigenvalue weighted by atomic mass is 10.1. The highest BCUT2D eigenvalue weighted by molar-refractivity contribution is 14.0. The zero-order valence-electron chi connectivity index (χ0n) is 16.5. The summed E-state index contributed by atoms with van der Waals surface area (Å²) in [4.78, 5) is 15.8. The van der Waals surface area contributed by atoms with Crippen molar-refractivity contribution in [1.82, 2.24) is 10.6 Å². The molecule has 0 aliphatic rings. The Morgan fingerprint density at radius 3 is 2.37 bits per heavy atom. The second-order valence-electron chi connectivity index (χ2n) is 6.27. The summed E-state index contributed by atoms with van der Waals surface area (Å²) in [7, 11) is 3.08. The molecule has 0 fully saturated rings. The molecule has 0 saturated heterocycles. The van der Waals surface area contributed by atoms with Gasteiger partial charge in [0.1, 0.15) is 17.1 Å². The third-order valence-electron chi connectivity index (χ3n) is 4.02. The first kappa shape index (κ1) is 23.0. The van der Waals surface area contributed by atoms with Gasteiger partial charge in [0.05, 0.1) is 13.7 Å². The van der Waals surface area contributed by atoms with E-state index in [9.17, 15) is 4.79 Å². The Labute approximate surface area is 177 Å². The molecule has 0 aliphatic heterocycles. The molecule has 0 spiro atoms. The number of halogens is 1. The molecule has 2 N–H and O–H groups in total. The molecule has 0 saturated carbocycles. The molecule has 0 bridgehead atoms. The maximum atomic E-state index is 11.6. The SMILES string of the molecule is CN=C(NCCc1cc(C)cc(C)c1)NCc1cc(C(=O)OC)c(C)o1.I. The zero-order chi connectivity index (χ0) is 19.1. The fourth-order valence-electron chi connectivity index (χ4n) is 2.87. The lowest BCUT2D eigenvalue weighted by molar-refractivity contribution is 0.0599. The van der Waals surface area contributed by atoms with Gasteiger partial charge in [-0.2, -0.15) is 0 Å². The van der Waals surface area contributed by atoms with E-state index in [0.29, 0.717) is 29.6 Å². The van der Waals surface area contributed by atoms with Crippen LogP contribution in [0.15, 0.2) is 33.7 Å². The first-order valence-electron chi connectivity index (χ1n) is 8.62. The molecule has 2 rings (SSSR count). The average molecular weight is 485 g/mol. The van der Waals surface area contributed by atoms with Crippen molar-refractivity contribution in [2.24, 2.45) is 4.99 Å². The van der Waals surface area contributed by atoms with Crippen molar-refractivity contribution in [2.45, 2.75) is 33.7 Å². The molecular formula is C20H28IN3O3. The number of benzene rings is 1. The highest BCUT2D eigenvalue weighted by Gasteiger charge is 2.15. The van der Waals surface area contributed by atoms with Gasteiger partial charge in [0.25, 0.3) is 0 Å². The van der Waals surface area contributed by atoms with Crippen molar-refractivity contribution in [3.63, 3.8) is 0 Å². The van der Waals surface area contributed by atoms with Gasteiger partial charge in [-0.05, 0) is 38.8 Å². The van der Waals surface area contributed by atoms with E-state index in [1.165, 1.54) is 23.8 Å². The van der Waals surface area contributed by atoms with Gasteiger partial charge in [-0.25, -0.2) is 4.79 Å².